The molecular formula is C21H21ClN4O2. The molecule has 0 bridgehead atoms. The molecule has 0 saturated heterocycles. The molecule has 0 spiro atoms. The summed E-state index contributed by atoms with van der Waals surface area (Å²) in [4.78, 5) is 21.7. The van der Waals surface area contributed by atoms with E-state index in [2.05, 4.69) is 20.6 Å². The first-order valence-corrected chi connectivity index (χ1v) is 9.28. The predicted octanol–water partition coefficient (Wildman–Crippen LogP) is 4.50. The van der Waals surface area contributed by atoms with Crippen molar-refractivity contribution in [2.24, 2.45) is 0 Å². The molecule has 3 aromatic rings. The molecule has 0 atom stereocenters. The van der Waals surface area contributed by atoms with E-state index in [0.29, 0.717) is 35.5 Å². The van der Waals surface area contributed by atoms with Crippen molar-refractivity contribution in [2.45, 2.75) is 6.42 Å². The van der Waals surface area contributed by atoms with Crippen molar-refractivity contribution < 1.29 is 9.53 Å². The Morgan fingerprint density at radius 1 is 1.07 bits per heavy atom. The van der Waals surface area contributed by atoms with Crippen molar-refractivity contribution in [3.63, 3.8) is 0 Å². The Morgan fingerprint density at radius 2 is 1.89 bits per heavy atom. The number of nitrogens with zero attached hydrogens (tertiary/aromatic N) is 2. The van der Waals surface area contributed by atoms with Crippen LogP contribution in [-0.2, 0) is 4.74 Å². The van der Waals surface area contributed by atoms with Gasteiger partial charge in [0.05, 0.1) is 0 Å². The second-order valence-corrected chi connectivity index (χ2v) is 6.50. The van der Waals surface area contributed by atoms with E-state index in [9.17, 15) is 4.79 Å². The van der Waals surface area contributed by atoms with Crippen molar-refractivity contribution in [1.82, 2.24) is 9.97 Å². The minimum absolute atomic E-state index is 0.267. The summed E-state index contributed by atoms with van der Waals surface area (Å²) in [6, 6.07) is 18.2. The first kappa shape index (κ1) is 19.8. The molecule has 7 heteroatoms. The van der Waals surface area contributed by atoms with Crippen molar-refractivity contribution in [3.8, 4) is 11.4 Å². The highest BCUT2D eigenvalue weighted by Crippen LogP contribution is 2.20. The first-order valence-electron chi connectivity index (χ1n) is 8.90. The molecule has 0 fully saturated rings. The number of nitrogens with one attached hydrogen (secondary N) is 2. The highest BCUT2D eigenvalue weighted by atomic mass is 35.5. The van der Waals surface area contributed by atoms with E-state index in [1.165, 1.54) is 0 Å². The van der Waals surface area contributed by atoms with Gasteiger partial charge < -0.3 is 15.4 Å². The van der Waals surface area contributed by atoms with E-state index in [0.717, 1.165) is 12.0 Å². The average molecular weight is 397 g/mol. The Bertz CT molecular complexity index is 935. The van der Waals surface area contributed by atoms with Gasteiger partial charge in [-0.05, 0) is 24.6 Å². The van der Waals surface area contributed by atoms with Crippen LogP contribution in [0, 0.1) is 0 Å². The topological polar surface area (TPSA) is 76.1 Å². The zero-order valence-electron chi connectivity index (χ0n) is 15.5. The fraction of sp³-hybridized carbons (Fsp3) is 0.190. The predicted molar refractivity (Wildman–Crippen MR) is 112 cm³/mol. The lowest BCUT2D eigenvalue weighted by Crippen LogP contribution is -2.16. The number of carbonyl (C=O) groups excluding carboxylic acids is 1. The molecular weight excluding hydrogens is 376 g/mol. The SMILES string of the molecule is COCCCNc1cc(C(=O)Nc2cccc(Cl)c2)nc(-c2ccccc2)n1. The van der Waals surface area contributed by atoms with Gasteiger partial charge in [-0.3, -0.25) is 4.79 Å². The summed E-state index contributed by atoms with van der Waals surface area (Å²) >= 11 is 5.99. The first-order chi connectivity index (χ1) is 13.7. The Morgan fingerprint density at radius 3 is 2.64 bits per heavy atom. The highest BCUT2D eigenvalue weighted by molar-refractivity contribution is 6.30. The van der Waals surface area contributed by atoms with E-state index in [4.69, 9.17) is 16.3 Å². The van der Waals surface area contributed by atoms with E-state index in [1.807, 2.05) is 30.3 Å². The zero-order chi connectivity index (χ0) is 19.8. The summed E-state index contributed by atoms with van der Waals surface area (Å²) in [7, 11) is 1.66. The second kappa shape index (κ2) is 9.82. The fourth-order valence-corrected chi connectivity index (χ4v) is 2.76. The lowest BCUT2D eigenvalue weighted by atomic mass is 10.2. The van der Waals surface area contributed by atoms with Crippen LogP contribution in [0.3, 0.4) is 0 Å². The number of hydrogen-bond acceptors (Lipinski definition) is 5. The second-order valence-electron chi connectivity index (χ2n) is 6.07. The Labute approximate surface area is 168 Å². The summed E-state index contributed by atoms with van der Waals surface area (Å²) in [6.07, 6.45) is 0.825. The molecule has 0 unspecified atom stereocenters. The quantitative estimate of drug-likeness (QED) is 0.548. The number of hydrogen-bond donors (Lipinski definition) is 2. The molecule has 1 heterocycles. The molecule has 2 aromatic carbocycles. The number of halogens is 1. The van der Waals surface area contributed by atoms with E-state index in [-0.39, 0.29) is 11.6 Å². The van der Waals surface area contributed by atoms with Crippen LogP contribution in [-0.4, -0.2) is 36.1 Å². The Balaban J connectivity index is 1.86. The standard InChI is InChI=1S/C21H21ClN4O2/c1-28-12-6-11-23-19-14-18(21(27)24-17-10-5-9-16(22)13-17)25-20(26-19)15-7-3-2-4-8-15/h2-5,7-10,13-14H,6,11-12H2,1H3,(H,24,27)(H,23,25,26). The van der Waals surface area contributed by atoms with Crippen molar-refractivity contribution >= 4 is 29.0 Å². The molecule has 0 aliphatic rings. The van der Waals surface area contributed by atoms with Crippen molar-refractivity contribution in [1.29, 1.82) is 0 Å². The van der Waals surface area contributed by atoms with E-state index in [1.54, 1.807) is 37.4 Å². The van der Waals surface area contributed by atoms with Gasteiger partial charge in [-0.25, -0.2) is 9.97 Å². The van der Waals surface area contributed by atoms with E-state index < -0.39 is 0 Å². The zero-order valence-corrected chi connectivity index (χ0v) is 16.2. The maximum atomic E-state index is 12.7. The van der Waals surface area contributed by atoms with E-state index >= 15 is 0 Å². The number of methoxy groups -OCH3 is 1. The monoisotopic (exact) mass is 396 g/mol. The van der Waals surface area contributed by atoms with Crippen LogP contribution in [0.15, 0.2) is 60.7 Å². The largest absolute Gasteiger partial charge is 0.385 e. The van der Waals surface area contributed by atoms with Gasteiger partial charge in [-0.1, -0.05) is 48.0 Å². The number of amides is 1. The minimum Gasteiger partial charge on any atom is -0.385 e. The van der Waals surface area contributed by atoms with Gasteiger partial charge in [0.2, 0.25) is 0 Å². The van der Waals surface area contributed by atoms with Crippen molar-refractivity contribution in [2.75, 3.05) is 30.9 Å². The number of anilines is 2. The molecule has 0 aliphatic carbocycles. The van der Waals surface area contributed by atoms with Gasteiger partial charge in [-0.2, -0.15) is 0 Å². The van der Waals surface area contributed by atoms with Crippen LogP contribution in [0.2, 0.25) is 5.02 Å². The van der Waals surface area contributed by atoms with Gasteiger partial charge in [0, 0.05) is 42.6 Å². The fourth-order valence-electron chi connectivity index (χ4n) is 2.56. The summed E-state index contributed by atoms with van der Waals surface area (Å²) < 4.78 is 5.06. The van der Waals surface area contributed by atoms with Crippen LogP contribution in [0.25, 0.3) is 11.4 Å². The number of rotatable bonds is 8. The summed E-state index contributed by atoms with van der Waals surface area (Å²) in [6.45, 7) is 1.32. The molecule has 0 aliphatic heterocycles. The van der Waals surface area contributed by atoms with Crippen molar-refractivity contribution in [3.05, 3.63) is 71.4 Å². The molecule has 6 nitrogen and oxygen atoms in total. The highest BCUT2D eigenvalue weighted by Gasteiger charge is 2.13. The Hall–Kier alpha value is -2.96. The number of benzene rings is 2. The summed E-state index contributed by atoms with van der Waals surface area (Å²) in [5.74, 6) is 0.733. The smallest absolute Gasteiger partial charge is 0.274 e. The van der Waals surface area contributed by atoms with Gasteiger partial charge in [0.15, 0.2) is 5.82 Å². The molecule has 144 valence electrons. The molecule has 3 rings (SSSR count). The molecule has 2 N–H and O–H groups in total. The third-order valence-electron chi connectivity index (χ3n) is 3.90. The van der Waals surface area contributed by atoms with Gasteiger partial charge in [-0.15, -0.1) is 0 Å². The summed E-state index contributed by atoms with van der Waals surface area (Å²) in [5, 5.41) is 6.59. The molecule has 0 saturated carbocycles. The lowest BCUT2D eigenvalue weighted by molar-refractivity contribution is 0.102. The average Bonchev–Trinajstić information content (AvgIpc) is 2.72. The maximum absolute atomic E-state index is 12.7. The van der Waals surface area contributed by atoms with Crippen LogP contribution in [0.1, 0.15) is 16.9 Å². The Kier molecular flexibility index (Phi) is 6.94. The third kappa shape index (κ3) is 5.52. The normalized spacial score (nSPS) is 10.5. The van der Waals surface area contributed by atoms with Gasteiger partial charge in [0.1, 0.15) is 11.5 Å². The van der Waals surface area contributed by atoms with Crippen LogP contribution >= 0.6 is 11.6 Å². The van der Waals surface area contributed by atoms with Gasteiger partial charge in [0.25, 0.3) is 5.91 Å². The summed E-state index contributed by atoms with van der Waals surface area (Å²) in [5.41, 5.74) is 1.70. The molecule has 1 amide bonds. The number of aromatic nitrogens is 2. The van der Waals surface area contributed by atoms with Crippen LogP contribution in [0.4, 0.5) is 11.5 Å². The maximum Gasteiger partial charge on any atom is 0.274 e. The minimum atomic E-state index is -0.332. The molecule has 0 radical (unpaired) electrons. The van der Waals surface area contributed by atoms with Crippen LogP contribution in [0.5, 0.6) is 0 Å². The third-order valence-corrected chi connectivity index (χ3v) is 4.14. The molecule has 28 heavy (non-hydrogen) atoms. The molecule has 1 aromatic heterocycles. The van der Waals surface area contributed by atoms with Crippen LogP contribution < -0.4 is 10.6 Å². The number of ether oxygens (including phenoxy) is 1. The lowest BCUT2D eigenvalue weighted by Gasteiger charge is -2.11. The number of carbonyl (C=O) groups is 1. The van der Waals surface area contributed by atoms with Gasteiger partial charge >= 0.3 is 0 Å².